The van der Waals surface area contributed by atoms with Crippen molar-refractivity contribution in [3.8, 4) is 0 Å². The molecule has 0 saturated heterocycles. The standard InChI is InChI=1S/2C4H9.CH3Cl.3H4O5P2.2Sn/c2*1-3-4-2;1-2;3*1-6(2)5-7(3)4;;/h2*1,3-4H2,2H3;1H3;3*6-7H,(H,1,2)(H,3,4);;/q;;;;;;2*+3/p-6. The third kappa shape index (κ3) is 106. The van der Waals surface area contributed by atoms with Crippen molar-refractivity contribution in [1.29, 1.82) is 0 Å². The van der Waals surface area contributed by atoms with Gasteiger partial charge in [0.15, 0.2) is 0 Å². The minimum Gasteiger partial charge on any atom is -0.781 e. The monoisotopic (exact) mass is 836 g/mol. The number of hydrogen-bond donors (Lipinski definition) is 0. The van der Waals surface area contributed by atoms with E-state index < -0.39 is 49.5 Å². The molecule has 33 heavy (non-hydrogen) atoms. The van der Waals surface area contributed by atoms with Crippen molar-refractivity contribution in [3.63, 3.8) is 0 Å². The fourth-order valence-corrected chi connectivity index (χ4v) is 4.21. The van der Waals surface area contributed by atoms with E-state index in [1.165, 1.54) is 40.9 Å². The van der Waals surface area contributed by atoms with Crippen LogP contribution in [0.15, 0.2) is 0 Å². The molecule has 0 bridgehead atoms. The Labute approximate surface area is 229 Å². The van der Waals surface area contributed by atoms with Crippen molar-refractivity contribution in [2.75, 3.05) is 6.38 Å². The summed E-state index contributed by atoms with van der Waals surface area (Å²) in [5.41, 5.74) is 0. The molecule has 0 fully saturated rings. The molecule has 6 unspecified atom stereocenters. The Morgan fingerprint density at radius 1 is 0.545 bits per heavy atom. The number of alkyl halides is 1. The van der Waals surface area contributed by atoms with E-state index in [1.807, 2.05) is 0 Å². The van der Waals surface area contributed by atoms with Crippen LogP contribution in [-0.4, -0.2) is 51.4 Å². The van der Waals surface area contributed by atoms with Gasteiger partial charge in [0.25, 0.3) is 0 Å². The Hall–Kier alpha value is 2.91. The maximum atomic E-state index is 9.29. The fourth-order valence-electron chi connectivity index (χ4n) is 0.558. The Morgan fingerprint density at radius 2 is 0.697 bits per heavy atom. The van der Waals surface area contributed by atoms with E-state index in [0.717, 1.165) is 0 Å². The molecule has 0 heterocycles. The van der Waals surface area contributed by atoms with Gasteiger partial charge >= 0.3 is 93.5 Å². The van der Waals surface area contributed by atoms with Gasteiger partial charge in [0.1, 0.15) is 49.5 Å². The van der Waals surface area contributed by atoms with Crippen LogP contribution in [0.4, 0.5) is 0 Å². The molecule has 15 nitrogen and oxygen atoms in total. The van der Waals surface area contributed by atoms with E-state index in [9.17, 15) is 56.8 Å². The van der Waals surface area contributed by atoms with E-state index in [2.05, 4.69) is 38.4 Å². The maximum absolute atomic E-state index is 9.29. The summed E-state index contributed by atoms with van der Waals surface area (Å²) in [6, 6.07) is 0. The second-order valence-electron chi connectivity index (χ2n) is 4.01. The Kier molecular flexibility index (Phi) is 66.5. The summed E-state index contributed by atoms with van der Waals surface area (Å²) in [6.07, 6.45) is 7.06. The second kappa shape index (κ2) is 44.9. The molecule has 0 aromatic carbocycles. The van der Waals surface area contributed by atoms with Crippen LogP contribution in [0.2, 0.25) is 8.87 Å². The van der Waals surface area contributed by atoms with E-state index in [0.29, 0.717) is 0 Å². The summed E-state index contributed by atoms with van der Waals surface area (Å²) >= 11 is 8.01. The molecule has 198 valence electrons. The summed E-state index contributed by atoms with van der Waals surface area (Å²) in [7, 11) is -21.1. The number of rotatable bonds is 10. The first-order chi connectivity index (χ1) is 15.2. The molecule has 24 heteroatoms. The van der Waals surface area contributed by atoms with Crippen LogP contribution in [0.3, 0.4) is 0 Å². The zero-order valence-electron chi connectivity index (χ0n) is 17.7. The van der Waals surface area contributed by atoms with Crippen molar-refractivity contribution in [2.24, 2.45) is 0 Å². The molecule has 0 rings (SSSR count). The van der Waals surface area contributed by atoms with E-state index >= 15 is 0 Å². The van der Waals surface area contributed by atoms with Gasteiger partial charge in [0.05, 0.1) is 0 Å². The van der Waals surface area contributed by atoms with Crippen molar-refractivity contribution in [1.82, 2.24) is 0 Å². The smallest absolute Gasteiger partial charge is 0.128 e. The third-order valence-corrected chi connectivity index (χ3v) is 7.58. The van der Waals surface area contributed by atoms with Crippen LogP contribution in [0.25, 0.3) is 0 Å². The van der Waals surface area contributed by atoms with Gasteiger partial charge in [-0.3, -0.25) is 12.9 Å². The fraction of sp³-hybridized carbons (Fsp3) is 1.00. The molecule has 0 N–H and O–H groups in total. The largest absolute Gasteiger partial charge is 0.781 e. The van der Waals surface area contributed by atoms with Gasteiger partial charge in [-0.25, -0.2) is 0 Å². The Bertz CT molecular complexity index is 424. The Balaban J connectivity index is -0.0000000682. The quantitative estimate of drug-likeness (QED) is 0.147. The van der Waals surface area contributed by atoms with E-state index in [1.54, 1.807) is 45.0 Å². The number of unbranched alkanes of at least 4 members (excludes halogenated alkanes) is 2. The molecule has 0 radical (unpaired) electrons. The normalized spacial score (nSPS) is 14.6. The molecule has 0 aliphatic heterocycles. The summed E-state index contributed by atoms with van der Waals surface area (Å²) in [6.45, 7) is 4.45. The second-order valence-corrected chi connectivity index (χ2v) is 12.3. The van der Waals surface area contributed by atoms with Crippen LogP contribution in [0.1, 0.15) is 39.5 Å². The van der Waals surface area contributed by atoms with Crippen molar-refractivity contribution < 1.29 is 69.7 Å². The van der Waals surface area contributed by atoms with Crippen LogP contribution in [0, 0.1) is 0 Å². The average molecular weight is 834 g/mol. The third-order valence-electron chi connectivity index (χ3n) is 1.56. The summed E-state index contributed by atoms with van der Waals surface area (Å²) in [4.78, 5) is 55.7. The summed E-state index contributed by atoms with van der Waals surface area (Å²) in [5, 5.41) is 0. The first-order valence-corrected chi connectivity index (χ1v) is 20.3. The van der Waals surface area contributed by atoms with Crippen molar-refractivity contribution >= 4 is 106 Å². The zero-order chi connectivity index (χ0) is 27.8. The van der Waals surface area contributed by atoms with Gasteiger partial charge in [-0.1, -0.05) is 0 Å². The minimum absolute atomic E-state index is 1.37. The maximum Gasteiger partial charge on any atom is 0.128 e. The predicted octanol–water partition coefficient (Wildman–Crippen LogP) is -0.889. The van der Waals surface area contributed by atoms with Gasteiger partial charge < -0.3 is 56.8 Å². The molecule has 0 aliphatic rings. The number of halogens is 1. The minimum atomic E-state index is -3.51. The molecule has 6 atom stereocenters. The van der Waals surface area contributed by atoms with Gasteiger partial charge in [-0.05, 0) is 0 Å². The van der Waals surface area contributed by atoms with Crippen molar-refractivity contribution in [3.05, 3.63) is 0 Å². The van der Waals surface area contributed by atoms with Gasteiger partial charge in [-0.15, -0.1) is 11.6 Å². The topological polar surface area (TPSA) is 268 Å². The van der Waals surface area contributed by atoms with Crippen LogP contribution < -0.4 is 29.4 Å². The first-order valence-electron chi connectivity index (χ1n) is 8.17. The number of hydrogen-bond acceptors (Lipinski definition) is 15. The van der Waals surface area contributed by atoms with Crippen LogP contribution >= 0.6 is 61.1 Å². The molecular formula is C9H27ClO15P6Sn2. The molecule has 0 saturated carbocycles. The molecule has 0 aliphatic carbocycles. The molecule has 0 aromatic heterocycles. The molecule has 0 aromatic rings. The van der Waals surface area contributed by atoms with Gasteiger partial charge in [-0.2, -0.15) is 0 Å². The summed E-state index contributed by atoms with van der Waals surface area (Å²) < 4.78 is 68.3. The first kappa shape index (κ1) is 48.9. The zero-order valence-corrected chi connectivity index (χ0v) is 30.2. The van der Waals surface area contributed by atoms with E-state index in [-0.39, 0.29) is 0 Å². The predicted molar refractivity (Wildman–Crippen MR) is 120 cm³/mol. The Morgan fingerprint density at radius 3 is 0.697 bits per heavy atom. The van der Waals surface area contributed by atoms with Crippen LogP contribution in [-0.2, 0) is 40.3 Å². The van der Waals surface area contributed by atoms with Gasteiger partial charge in [0, 0.05) is 6.38 Å². The SMILES string of the molecule is CCC[CH2][Sn+3].CCC[CH2][Sn+3].CCl.O=[PH]([O-])O[PH](=O)[O-].O=[PH]([O-])O[PH](=O)[O-].O=[PH]([O-])O[PH](=O)[O-]. The van der Waals surface area contributed by atoms with Gasteiger partial charge in [0.2, 0.25) is 0 Å². The average Bonchev–Trinajstić information content (AvgIpc) is 2.63. The van der Waals surface area contributed by atoms with Crippen molar-refractivity contribution in [2.45, 2.75) is 48.4 Å². The molecular weight excluding hydrogens is 807 g/mol. The summed E-state index contributed by atoms with van der Waals surface area (Å²) in [5.74, 6) is 0. The molecule has 0 amide bonds. The van der Waals surface area contributed by atoms with E-state index in [4.69, 9.17) is 0 Å². The van der Waals surface area contributed by atoms with Crippen LogP contribution in [0.5, 0.6) is 0 Å². The molecule has 0 spiro atoms.